The zero-order valence-electron chi connectivity index (χ0n) is 9.10. The summed E-state index contributed by atoms with van der Waals surface area (Å²) in [5, 5.41) is 0. The first-order valence-electron chi connectivity index (χ1n) is 5.77. The molecule has 0 aliphatic carbocycles. The summed E-state index contributed by atoms with van der Waals surface area (Å²) in [6, 6.07) is 11.2. The lowest BCUT2D eigenvalue weighted by molar-refractivity contribution is 0.243. The number of likely N-dealkylation sites (tertiary alicyclic amines) is 1. The maximum atomic E-state index is 5.82. The van der Waals surface area contributed by atoms with Crippen LogP contribution in [0.1, 0.15) is 24.5 Å². The molecular formula is C13H17NO. The Balaban J connectivity index is 1.69. The van der Waals surface area contributed by atoms with Crippen LogP contribution in [0.4, 0.5) is 0 Å². The molecule has 0 N–H and O–H groups in total. The van der Waals surface area contributed by atoms with E-state index in [1.807, 2.05) is 0 Å². The van der Waals surface area contributed by atoms with Gasteiger partial charge in [-0.25, -0.2) is 0 Å². The summed E-state index contributed by atoms with van der Waals surface area (Å²) in [6.45, 7) is 1.23. The molecule has 2 heterocycles. The van der Waals surface area contributed by atoms with Crippen molar-refractivity contribution in [2.24, 2.45) is 0 Å². The first-order valence-corrected chi connectivity index (χ1v) is 5.77. The van der Waals surface area contributed by atoms with Crippen LogP contribution in [0, 0.1) is 0 Å². The zero-order chi connectivity index (χ0) is 10.3. The first-order chi connectivity index (χ1) is 7.36. The molecule has 0 radical (unpaired) electrons. The van der Waals surface area contributed by atoms with E-state index in [9.17, 15) is 0 Å². The Morgan fingerprint density at radius 2 is 2.07 bits per heavy atom. The molecule has 3 rings (SSSR count). The topological polar surface area (TPSA) is 15.8 Å². The quantitative estimate of drug-likeness (QED) is 0.685. The third-order valence-electron chi connectivity index (χ3n) is 3.61. The summed E-state index contributed by atoms with van der Waals surface area (Å²) in [4.78, 5) is 2.44. The Morgan fingerprint density at radius 1 is 1.27 bits per heavy atom. The maximum absolute atomic E-state index is 5.82. The Hall–Kier alpha value is -0.860. The molecule has 1 aromatic carbocycles. The Labute approximate surface area is 90.8 Å². The van der Waals surface area contributed by atoms with Gasteiger partial charge in [0.25, 0.3) is 0 Å². The molecule has 0 amide bonds. The second-order valence-electron chi connectivity index (χ2n) is 4.62. The zero-order valence-corrected chi connectivity index (χ0v) is 9.10. The van der Waals surface area contributed by atoms with E-state index in [2.05, 4.69) is 42.3 Å². The molecule has 0 saturated carbocycles. The minimum atomic E-state index is 0.358. The molecule has 3 atom stereocenters. The highest BCUT2D eigenvalue weighted by atomic mass is 16.6. The fraction of sp³-hybridized carbons (Fsp3) is 0.538. The van der Waals surface area contributed by atoms with E-state index in [-0.39, 0.29) is 0 Å². The van der Waals surface area contributed by atoms with E-state index in [1.54, 1.807) is 0 Å². The van der Waals surface area contributed by atoms with Crippen molar-refractivity contribution in [2.75, 3.05) is 13.6 Å². The number of likely N-dealkylation sites (N-methyl/N-ethyl adjacent to an activating group) is 1. The molecule has 2 saturated heterocycles. The molecule has 2 nitrogen and oxygen atoms in total. The van der Waals surface area contributed by atoms with Gasteiger partial charge in [0.1, 0.15) is 12.2 Å². The third-order valence-corrected chi connectivity index (χ3v) is 3.61. The lowest BCUT2D eigenvalue weighted by Crippen LogP contribution is -2.30. The van der Waals surface area contributed by atoms with Crippen molar-refractivity contribution in [1.29, 1.82) is 0 Å². The standard InChI is InChI=1S/C13H17NO/c1-14-9-5-8-11(14)13-12(15-13)10-6-3-2-4-7-10/h2-4,6-7,11-13H,5,8-9H2,1H3. The van der Waals surface area contributed by atoms with Crippen LogP contribution in [0.25, 0.3) is 0 Å². The number of nitrogens with zero attached hydrogens (tertiary/aromatic N) is 1. The van der Waals surface area contributed by atoms with E-state index >= 15 is 0 Å². The van der Waals surface area contributed by atoms with E-state index in [4.69, 9.17) is 4.74 Å². The highest BCUT2D eigenvalue weighted by Crippen LogP contribution is 2.44. The molecule has 15 heavy (non-hydrogen) atoms. The lowest BCUT2D eigenvalue weighted by Gasteiger charge is -2.16. The average molecular weight is 203 g/mol. The molecule has 3 unspecified atom stereocenters. The van der Waals surface area contributed by atoms with Crippen LogP contribution in [0.15, 0.2) is 30.3 Å². The van der Waals surface area contributed by atoms with Gasteiger partial charge in [0.05, 0.1) is 0 Å². The molecule has 0 aromatic heterocycles. The first kappa shape index (κ1) is 9.37. The van der Waals surface area contributed by atoms with Crippen molar-refractivity contribution in [1.82, 2.24) is 4.90 Å². The van der Waals surface area contributed by atoms with Crippen molar-refractivity contribution >= 4 is 0 Å². The van der Waals surface area contributed by atoms with E-state index < -0.39 is 0 Å². The largest absolute Gasteiger partial charge is 0.363 e. The van der Waals surface area contributed by atoms with Gasteiger partial charge in [-0.2, -0.15) is 0 Å². The molecule has 0 spiro atoms. The normalized spacial score (nSPS) is 35.7. The van der Waals surface area contributed by atoms with Gasteiger partial charge in [0.15, 0.2) is 0 Å². The van der Waals surface area contributed by atoms with Crippen molar-refractivity contribution in [3.63, 3.8) is 0 Å². The highest BCUT2D eigenvalue weighted by Gasteiger charge is 2.48. The molecule has 1 aromatic rings. The SMILES string of the molecule is CN1CCCC1C1OC1c1ccccc1. The van der Waals surface area contributed by atoms with Crippen molar-refractivity contribution in [3.8, 4) is 0 Å². The smallest absolute Gasteiger partial charge is 0.111 e. The van der Waals surface area contributed by atoms with Gasteiger partial charge >= 0.3 is 0 Å². The minimum absolute atomic E-state index is 0.358. The van der Waals surface area contributed by atoms with Crippen LogP contribution >= 0.6 is 0 Å². The van der Waals surface area contributed by atoms with Crippen molar-refractivity contribution in [3.05, 3.63) is 35.9 Å². The van der Waals surface area contributed by atoms with Gasteiger partial charge in [-0.1, -0.05) is 30.3 Å². The van der Waals surface area contributed by atoms with Gasteiger partial charge in [-0.05, 0) is 32.0 Å². The second kappa shape index (κ2) is 3.62. The summed E-state index contributed by atoms with van der Waals surface area (Å²) in [5.74, 6) is 0. The van der Waals surface area contributed by atoms with Gasteiger partial charge in [-0.3, -0.25) is 0 Å². The van der Waals surface area contributed by atoms with Crippen LogP contribution in [0.2, 0.25) is 0 Å². The van der Waals surface area contributed by atoms with Gasteiger partial charge in [0.2, 0.25) is 0 Å². The number of hydrogen-bond donors (Lipinski definition) is 0. The summed E-state index contributed by atoms with van der Waals surface area (Å²) in [7, 11) is 2.21. The molecule has 80 valence electrons. The molecule has 2 aliphatic heterocycles. The summed E-state index contributed by atoms with van der Waals surface area (Å²) < 4.78 is 5.82. The Morgan fingerprint density at radius 3 is 2.73 bits per heavy atom. The van der Waals surface area contributed by atoms with Gasteiger partial charge < -0.3 is 9.64 Å². The number of benzene rings is 1. The summed E-state index contributed by atoms with van der Waals surface area (Å²) >= 11 is 0. The summed E-state index contributed by atoms with van der Waals surface area (Å²) in [6.07, 6.45) is 3.42. The minimum Gasteiger partial charge on any atom is -0.363 e. The molecule has 2 fully saturated rings. The highest BCUT2D eigenvalue weighted by molar-refractivity contribution is 5.23. The van der Waals surface area contributed by atoms with E-state index in [0.717, 1.165) is 0 Å². The van der Waals surface area contributed by atoms with Crippen LogP contribution in [-0.2, 0) is 4.74 Å². The van der Waals surface area contributed by atoms with Crippen molar-refractivity contribution in [2.45, 2.75) is 31.1 Å². The fourth-order valence-corrected chi connectivity index (χ4v) is 2.68. The molecular weight excluding hydrogens is 186 g/mol. The second-order valence-corrected chi connectivity index (χ2v) is 4.62. The van der Waals surface area contributed by atoms with Crippen molar-refractivity contribution < 1.29 is 4.74 Å². The van der Waals surface area contributed by atoms with Crippen LogP contribution in [-0.4, -0.2) is 30.6 Å². The number of epoxide rings is 1. The van der Waals surface area contributed by atoms with Crippen LogP contribution in [0.3, 0.4) is 0 Å². The van der Waals surface area contributed by atoms with Crippen LogP contribution in [0.5, 0.6) is 0 Å². The summed E-state index contributed by atoms with van der Waals surface area (Å²) in [5.41, 5.74) is 1.34. The predicted molar refractivity (Wildman–Crippen MR) is 59.7 cm³/mol. The van der Waals surface area contributed by atoms with Crippen LogP contribution < -0.4 is 0 Å². The molecule has 2 aliphatic rings. The lowest BCUT2D eigenvalue weighted by atomic mass is 10.0. The molecule has 0 bridgehead atoms. The third kappa shape index (κ3) is 1.68. The van der Waals surface area contributed by atoms with Gasteiger partial charge in [-0.15, -0.1) is 0 Å². The van der Waals surface area contributed by atoms with E-state index in [0.29, 0.717) is 18.2 Å². The number of ether oxygens (including phenoxy) is 1. The molecule has 2 heteroatoms. The maximum Gasteiger partial charge on any atom is 0.111 e. The Bertz CT molecular complexity index is 338. The monoisotopic (exact) mass is 203 g/mol. The van der Waals surface area contributed by atoms with Gasteiger partial charge in [0, 0.05) is 6.04 Å². The average Bonchev–Trinajstić information content (AvgIpc) is 2.96. The van der Waals surface area contributed by atoms with E-state index in [1.165, 1.54) is 24.9 Å². The predicted octanol–water partition coefficient (Wildman–Crippen LogP) is 2.22. The number of hydrogen-bond acceptors (Lipinski definition) is 2. The Kier molecular flexibility index (Phi) is 2.26. The fourth-order valence-electron chi connectivity index (χ4n) is 2.68. The number of rotatable bonds is 2.